The molecule has 2 saturated heterocycles. The fourth-order valence-corrected chi connectivity index (χ4v) is 2.82. The zero-order chi connectivity index (χ0) is 14.0. The van der Waals surface area contributed by atoms with Gasteiger partial charge in [-0.25, -0.2) is 9.59 Å². The minimum atomic E-state index is -0.783. The molecule has 7 heteroatoms. The largest absolute Gasteiger partial charge is 0.450 e. The summed E-state index contributed by atoms with van der Waals surface area (Å²) < 4.78 is 4.94. The summed E-state index contributed by atoms with van der Waals surface area (Å²) in [5.41, 5.74) is -0.783. The molecule has 0 aromatic heterocycles. The average Bonchev–Trinajstić information content (AvgIpc) is 2.61. The Balaban J connectivity index is 0. The number of likely N-dealkylation sites (tertiary alicyclic amines) is 1. The van der Waals surface area contributed by atoms with E-state index in [1.54, 1.807) is 16.7 Å². The van der Waals surface area contributed by atoms with Crippen molar-refractivity contribution in [1.82, 2.24) is 15.1 Å². The minimum absolute atomic E-state index is 0. The SMILES string of the molecule is C.C.C.CCOC(=O)N1CCC2(CC1)C(=O)NC(=O)N2CC. The van der Waals surface area contributed by atoms with Crippen molar-refractivity contribution in [3.05, 3.63) is 0 Å². The maximum atomic E-state index is 12.0. The molecular weight excluding hydrogens is 286 g/mol. The number of carbonyl (C=O) groups excluding carboxylic acids is 3. The lowest BCUT2D eigenvalue weighted by molar-refractivity contribution is -0.128. The van der Waals surface area contributed by atoms with E-state index in [9.17, 15) is 14.4 Å². The molecule has 2 fully saturated rings. The van der Waals surface area contributed by atoms with Crippen LogP contribution in [0.15, 0.2) is 0 Å². The first-order valence-electron chi connectivity index (χ1n) is 6.60. The third-order valence-corrected chi connectivity index (χ3v) is 3.84. The smallest absolute Gasteiger partial charge is 0.409 e. The molecule has 2 aliphatic heterocycles. The summed E-state index contributed by atoms with van der Waals surface area (Å²) in [5.74, 6) is -0.247. The molecule has 4 amide bonds. The van der Waals surface area contributed by atoms with Gasteiger partial charge < -0.3 is 14.5 Å². The number of rotatable bonds is 2. The van der Waals surface area contributed by atoms with E-state index >= 15 is 0 Å². The molecule has 22 heavy (non-hydrogen) atoms. The van der Waals surface area contributed by atoms with E-state index in [0.29, 0.717) is 39.1 Å². The summed E-state index contributed by atoms with van der Waals surface area (Å²) in [6.45, 7) is 5.27. The van der Waals surface area contributed by atoms with E-state index in [0.717, 1.165) is 0 Å². The number of hydrogen-bond donors (Lipinski definition) is 1. The molecule has 130 valence electrons. The molecule has 1 N–H and O–H groups in total. The number of urea groups is 1. The molecule has 2 aliphatic rings. The molecule has 0 radical (unpaired) electrons. The van der Waals surface area contributed by atoms with Crippen LogP contribution in [0.25, 0.3) is 0 Å². The van der Waals surface area contributed by atoms with Crippen LogP contribution < -0.4 is 5.32 Å². The van der Waals surface area contributed by atoms with Crippen molar-refractivity contribution >= 4 is 18.0 Å². The van der Waals surface area contributed by atoms with E-state index in [-0.39, 0.29) is 40.3 Å². The van der Waals surface area contributed by atoms with Crippen molar-refractivity contribution in [1.29, 1.82) is 0 Å². The molecule has 1 spiro atoms. The first-order chi connectivity index (χ1) is 9.05. The van der Waals surface area contributed by atoms with E-state index in [4.69, 9.17) is 4.74 Å². The van der Waals surface area contributed by atoms with Crippen LogP contribution in [0.5, 0.6) is 0 Å². The zero-order valence-electron chi connectivity index (χ0n) is 11.3. The highest BCUT2D eigenvalue weighted by molar-refractivity contribution is 6.07. The molecular formula is C15H31N3O4. The molecule has 0 aromatic rings. The number of amides is 4. The van der Waals surface area contributed by atoms with Crippen LogP contribution in [-0.4, -0.2) is 59.6 Å². The first kappa shape index (κ1) is 22.5. The monoisotopic (exact) mass is 317 g/mol. The van der Waals surface area contributed by atoms with E-state index in [1.165, 1.54) is 0 Å². The lowest BCUT2D eigenvalue weighted by atomic mass is 9.86. The topological polar surface area (TPSA) is 79.0 Å². The van der Waals surface area contributed by atoms with E-state index in [2.05, 4.69) is 5.32 Å². The van der Waals surface area contributed by atoms with Crippen molar-refractivity contribution < 1.29 is 19.1 Å². The molecule has 0 unspecified atom stereocenters. The predicted molar refractivity (Wildman–Crippen MR) is 86.7 cm³/mol. The van der Waals surface area contributed by atoms with Crippen molar-refractivity contribution in [2.24, 2.45) is 0 Å². The second kappa shape index (κ2) is 8.60. The lowest BCUT2D eigenvalue weighted by Crippen LogP contribution is -2.57. The Morgan fingerprint density at radius 1 is 1.18 bits per heavy atom. The minimum Gasteiger partial charge on any atom is -0.450 e. The predicted octanol–water partition coefficient (Wildman–Crippen LogP) is 2.46. The van der Waals surface area contributed by atoms with Crippen LogP contribution in [0.2, 0.25) is 0 Å². The van der Waals surface area contributed by atoms with Gasteiger partial charge in [-0.05, 0) is 26.7 Å². The van der Waals surface area contributed by atoms with Crippen molar-refractivity contribution in [2.45, 2.75) is 54.5 Å². The number of piperidine rings is 1. The van der Waals surface area contributed by atoms with Gasteiger partial charge in [-0.15, -0.1) is 0 Å². The summed E-state index contributed by atoms with van der Waals surface area (Å²) in [5, 5.41) is 2.36. The van der Waals surface area contributed by atoms with Crippen molar-refractivity contribution in [3.63, 3.8) is 0 Å². The zero-order valence-corrected chi connectivity index (χ0v) is 11.3. The van der Waals surface area contributed by atoms with Crippen LogP contribution >= 0.6 is 0 Å². The van der Waals surface area contributed by atoms with Gasteiger partial charge in [0.25, 0.3) is 5.91 Å². The van der Waals surface area contributed by atoms with Crippen LogP contribution in [-0.2, 0) is 9.53 Å². The van der Waals surface area contributed by atoms with Gasteiger partial charge in [-0.1, -0.05) is 22.3 Å². The Morgan fingerprint density at radius 3 is 2.18 bits per heavy atom. The van der Waals surface area contributed by atoms with Gasteiger partial charge in [0.05, 0.1) is 6.61 Å². The second-order valence-electron chi connectivity index (χ2n) is 4.72. The maximum Gasteiger partial charge on any atom is 0.409 e. The number of nitrogens with one attached hydrogen (secondary N) is 1. The summed E-state index contributed by atoms with van der Waals surface area (Å²) >= 11 is 0. The average molecular weight is 317 g/mol. The number of ether oxygens (including phenoxy) is 1. The quantitative estimate of drug-likeness (QED) is 0.793. The molecule has 0 aromatic carbocycles. The van der Waals surface area contributed by atoms with Crippen LogP contribution in [0.3, 0.4) is 0 Å². The highest BCUT2D eigenvalue weighted by atomic mass is 16.6. The highest BCUT2D eigenvalue weighted by Gasteiger charge is 2.53. The van der Waals surface area contributed by atoms with Gasteiger partial charge >= 0.3 is 12.1 Å². The Kier molecular flexibility index (Phi) is 8.80. The molecule has 2 rings (SSSR count). The van der Waals surface area contributed by atoms with Crippen LogP contribution in [0.4, 0.5) is 9.59 Å². The fourth-order valence-electron chi connectivity index (χ4n) is 2.82. The van der Waals surface area contributed by atoms with Gasteiger partial charge in [0, 0.05) is 19.6 Å². The molecule has 2 heterocycles. The lowest BCUT2D eigenvalue weighted by Gasteiger charge is -2.41. The normalized spacial score (nSPS) is 18.8. The molecule has 0 bridgehead atoms. The molecule has 0 atom stereocenters. The standard InChI is InChI=1S/C12H19N3O4.3CH4/c1-3-15-10(17)13-9(16)12(15)5-7-14(8-6-12)11(18)19-4-2;;;/h3-8H2,1-2H3,(H,13,16,17);3*1H4. The summed E-state index contributed by atoms with van der Waals surface area (Å²) in [6.07, 6.45) is 0.555. The first-order valence-corrected chi connectivity index (χ1v) is 6.60. The van der Waals surface area contributed by atoms with Gasteiger partial charge in [0.1, 0.15) is 5.54 Å². The summed E-state index contributed by atoms with van der Waals surface area (Å²) in [7, 11) is 0. The second-order valence-corrected chi connectivity index (χ2v) is 4.72. The number of carbonyl (C=O) groups is 3. The summed E-state index contributed by atoms with van der Waals surface area (Å²) in [6, 6.07) is -0.336. The van der Waals surface area contributed by atoms with Gasteiger partial charge in [-0.3, -0.25) is 10.1 Å². The fraction of sp³-hybridized carbons (Fsp3) is 0.800. The van der Waals surface area contributed by atoms with E-state index in [1.807, 2.05) is 6.92 Å². The Bertz CT molecular complexity index is 404. The van der Waals surface area contributed by atoms with Crippen molar-refractivity contribution in [2.75, 3.05) is 26.2 Å². The van der Waals surface area contributed by atoms with E-state index < -0.39 is 5.54 Å². The van der Waals surface area contributed by atoms with Gasteiger partial charge in [0.2, 0.25) is 0 Å². The van der Waals surface area contributed by atoms with Crippen molar-refractivity contribution in [3.8, 4) is 0 Å². The van der Waals surface area contributed by atoms with Crippen LogP contribution in [0.1, 0.15) is 49.0 Å². The molecule has 7 nitrogen and oxygen atoms in total. The molecule has 0 aliphatic carbocycles. The third kappa shape index (κ3) is 3.51. The summed E-state index contributed by atoms with van der Waals surface area (Å²) in [4.78, 5) is 38.5. The Labute approximate surface area is 134 Å². The Hall–Kier alpha value is -1.79. The Morgan fingerprint density at radius 2 is 1.73 bits per heavy atom. The third-order valence-electron chi connectivity index (χ3n) is 3.84. The van der Waals surface area contributed by atoms with Gasteiger partial charge in [-0.2, -0.15) is 0 Å². The number of likely N-dealkylation sites (N-methyl/N-ethyl adjacent to an activating group) is 1. The van der Waals surface area contributed by atoms with Crippen LogP contribution in [0, 0.1) is 0 Å². The number of hydrogen-bond acceptors (Lipinski definition) is 4. The van der Waals surface area contributed by atoms with Gasteiger partial charge in [0.15, 0.2) is 0 Å². The molecule has 0 saturated carbocycles. The maximum absolute atomic E-state index is 12.0. The number of nitrogens with zero attached hydrogens (tertiary/aromatic N) is 2. The number of imide groups is 1. The highest BCUT2D eigenvalue weighted by Crippen LogP contribution is 2.33.